The number of hydrogen-bond acceptors (Lipinski definition) is 3. The Morgan fingerprint density at radius 2 is 2.10 bits per heavy atom. The molecule has 0 aliphatic heterocycles. The third kappa shape index (κ3) is 4.20. The molecule has 116 valence electrons. The van der Waals surface area contributed by atoms with Crippen molar-refractivity contribution in [3.8, 4) is 0 Å². The Morgan fingerprint density at radius 1 is 1.38 bits per heavy atom. The van der Waals surface area contributed by atoms with E-state index in [9.17, 15) is 14.7 Å². The van der Waals surface area contributed by atoms with Gasteiger partial charge in [0.15, 0.2) is 0 Å². The van der Waals surface area contributed by atoms with E-state index in [1.807, 2.05) is 19.1 Å². The Hall–Kier alpha value is -1.07. The van der Waals surface area contributed by atoms with Crippen LogP contribution in [0.2, 0.25) is 4.34 Å². The van der Waals surface area contributed by atoms with Crippen molar-refractivity contribution in [3.63, 3.8) is 0 Å². The average molecular weight is 330 g/mol. The Kier molecular flexibility index (Phi) is 5.65. The van der Waals surface area contributed by atoms with E-state index >= 15 is 0 Å². The van der Waals surface area contributed by atoms with E-state index in [4.69, 9.17) is 11.6 Å². The molecule has 1 aliphatic rings. The number of amides is 1. The number of thiophene rings is 1. The quantitative estimate of drug-likeness (QED) is 0.842. The predicted molar refractivity (Wildman–Crippen MR) is 83.7 cm³/mol. The van der Waals surface area contributed by atoms with Crippen LogP contribution in [-0.2, 0) is 16.0 Å². The second kappa shape index (κ2) is 7.27. The average Bonchev–Trinajstić information content (AvgIpc) is 3.04. The van der Waals surface area contributed by atoms with E-state index in [0.717, 1.165) is 22.1 Å². The molecule has 21 heavy (non-hydrogen) atoms. The van der Waals surface area contributed by atoms with Gasteiger partial charge in [-0.2, -0.15) is 0 Å². The van der Waals surface area contributed by atoms with Gasteiger partial charge in [-0.1, -0.05) is 24.9 Å². The summed E-state index contributed by atoms with van der Waals surface area (Å²) in [7, 11) is 0. The molecule has 1 aliphatic carbocycles. The second-order valence-electron chi connectivity index (χ2n) is 5.54. The normalized spacial score (nSPS) is 25.0. The highest BCUT2D eigenvalue weighted by atomic mass is 35.5. The van der Waals surface area contributed by atoms with E-state index in [-0.39, 0.29) is 11.8 Å². The summed E-state index contributed by atoms with van der Waals surface area (Å²) in [5, 5.41) is 12.1. The zero-order valence-corrected chi connectivity index (χ0v) is 13.5. The topological polar surface area (TPSA) is 66.4 Å². The van der Waals surface area contributed by atoms with Crippen molar-refractivity contribution in [2.75, 3.05) is 6.54 Å². The van der Waals surface area contributed by atoms with E-state index in [2.05, 4.69) is 5.32 Å². The lowest BCUT2D eigenvalue weighted by atomic mass is 9.95. The van der Waals surface area contributed by atoms with Crippen LogP contribution >= 0.6 is 22.9 Å². The first kappa shape index (κ1) is 16.3. The molecule has 0 aromatic carbocycles. The van der Waals surface area contributed by atoms with Crippen molar-refractivity contribution in [1.29, 1.82) is 0 Å². The molecule has 1 saturated carbocycles. The molecule has 1 aromatic rings. The van der Waals surface area contributed by atoms with Crippen LogP contribution in [-0.4, -0.2) is 23.5 Å². The molecule has 0 radical (unpaired) electrons. The third-order valence-electron chi connectivity index (χ3n) is 4.19. The van der Waals surface area contributed by atoms with Crippen molar-refractivity contribution >= 4 is 34.8 Å². The smallest absolute Gasteiger partial charge is 0.307 e. The lowest BCUT2D eigenvalue weighted by Gasteiger charge is -2.15. The summed E-state index contributed by atoms with van der Waals surface area (Å²) in [4.78, 5) is 24.6. The molecule has 0 bridgehead atoms. The van der Waals surface area contributed by atoms with Gasteiger partial charge in [-0.25, -0.2) is 0 Å². The summed E-state index contributed by atoms with van der Waals surface area (Å²) >= 11 is 7.36. The highest BCUT2D eigenvalue weighted by Gasteiger charge is 2.41. The van der Waals surface area contributed by atoms with Crippen LogP contribution in [0.5, 0.6) is 0 Å². The fraction of sp³-hybridized carbons (Fsp3) is 0.600. The van der Waals surface area contributed by atoms with Gasteiger partial charge < -0.3 is 10.4 Å². The molecular weight excluding hydrogens is 310 g/mol. The van der Waals surface area contributed by atoms with Crippen LogP contribution in [0, 0.1) is 17.8 Å². The van der Waals surface area contributed by atoms with E-state index < -0.39 is 11.9 Å². The summed E-state index contributed by atoms with van der Waals surface area (Å²) in [6.45, 7) is 2.57. The predicted octanol–water partition coefficient (Wildman–Crippen LogP) is 3.20. The summed E-state index contributed by atoms with van der Waals surface area (Å²) in [5.41, 5.74) is 0. The minimum atomic E-state index is -0.851. The number of carboxylic acids is 1. The number of carboxylic acid groups (broad SMARTS) is 1. The van der Waals surface area contributed by atoms with Gasteiger partial charge >= 0.3 is 5.97 Å². The van der Waals surface area contributed by atoms with Crippen molar-refractivity contribution in [2.24, 2.45) is 17.8 Å². The lowest BCUT2D eigenvalue weighted by Crippen LogP contribution is -2.36. The minimum Gasteiger partial charge on any atom is -0.481 e. The van der Waals surface area contributed by atoms with Gasteiger partial charge in [-0.15, -0.1) is 11.3 Å². The molecule has 1 amide bonds. The maximum absolute atomic E-state index is 12.2. The number of halogens is 1. The Labute approximate surface area is 133 Å². The third-order valence-corrected chi connectivity index (χ3v) is 5.48. The zero-order chi connectivity index (χ0) is 15.4. The highest BCUT2D eigenvalue weighted by Crippen LogP contribution is 2.38. The number of hydrogen-bond donors (Lipinski definition) is 2. The number of carbonyl (C=O) groups excluding carboxylic acids is 1. The van der Waals surface area contributed by atoms with Crippen LogP contribution in [0.4, 0.5) is 0 Å². The van der Waals surface area contributed by atoms with Crippen LogP contribution in [0.3, 0.4) is 0 Å². The highest BCUT2D eigenvalue weighted by molar-refractivity contribution is 7.16. The standard InChI is InChI=1S/C15H20ClNO3S/c1-2-9-7-11(12(8-9)15(19)20)14(18)17-6-5-10-3-4-13(16)21-10/h3-4,9,11-12H,2,5-8H2,1H3,(H,17,18)(H,19,20)/t9?,11-,12+/m0/s1. The SMILES string of the molecule is CCC1C[C@H](C(=O)NCCc2ccc(Cl)s2)[C@H](C(=O)O)C1. The minimum absolute atomic E-state index is 0.124. The maximum atomic E-state index is 12.2. The first-order chi connectivity index (χ1) is 10.0. The van der Waals surface area contributed by atoms with Gasteiger partial charge in [0.1, 0.15) is 0 Å². The van der Waals surface area contributed by atoms with Crippen LogP contribution in [0.1, 0.15) is 31.1 Å². The Balaban J connectivity index is 1.85. The summed E-state index contributed by atoms with van der Waals surface area (Å²) < 4.78 is 0.740. The molecular formula is C15H20ClNO3S. The van der Waals surface area contributed by atoms with Gasteiger partial charge in [0, 0.05) is 11.4 Å². The first-order valence-electron chi connectivity index (χ1n) is 7.26. The second-order valence-corrected chi connectivity index (χ2v) is 7.34. The van der Waals surface area contributed by atoms with E-state index in [0.29, 0.717) is 25.3 Å². The maximum Gasteiger partial charge on any atom is 0.307 e. The van der Waals surface area contributed by atoms with E-state index in [1.54, 1.807) is 0 Å². The summed E-state index contributed by atoms with van der Waals surface area (Å²) in [6, 6.07) is 3.79. The first-order valence-corrected chi connectivity index (χ1v) is 8.45. The summed E-state index contributed by atoms with van der Waals surface area (Å²) in [5.74, 6) is -1.55. The van der Waals surface area contributed by atoms with Crippen LogP contribution in [0.25, 0.3) is 0 Å². The van der Waals surface area contributed by atoms with Crippen molar-refractivity contribution in [3.05, 3.63) is 21.3 Å². The van der Waals surface area contributed by atoms with Gasteiger partial charge in [0.2, 0.25) is 5.91 Å². The summed E-state index contributed by atoms with van der Waals surface area (Å²) in [6.07, 6.45) is 2.96. The fourth-order valence-electron chi connectivity index (χ4n) is 2.97. The molecule has 0 spiro atoms. The molecule has 2 N–H and O–H groups in total. The molecule has 1 aromatic heterocycles. The zero-order valence-electron chi connectivity index (χ0n) is 12.0. The number of rotatable bonds is 6. The van der Waals surface area contributed by atoms with Crippen LogP contribution < -0.4 is 5.32 Å². The Morgan fingerprint density at radius 3 is 2.67 bits per heavy atom. The molecule has 4 nitrogen and oxygen atoms in total. The van der Waals surface area contributed by atoms with Gasteiger partial charge in [-0.3, -0.25) is 9.59 Å². The molecule has 6 heteroatoms. The van der Waals surface area contributed by atoms with Gasteiger partial charge in [-0.05, 0) is 37.3 Å². The van der Waals surface area contributed by atoms with Crippen LogP contribution in [0.15, 0.2) is 12.1 Å². The molecule has 2 rings (SSSR count). The molecule has 1 heterocycles. The van der Waals surface area contributed by atoms with Crippen molar-refractivity contribution in [1.82, 2.24) is 5.32 Å². The van der Waals surface area contributed by atoms with E-state index in [1.165, 1.54) is 11.3 Å². The molecule has 3 atom stereocenters. The lowest BCUT2D eigenvalue weighted by molar-refractivity contribution is -0.146. The number of aliphatic carboxylic acids is 1. The van der Waals surface area contributed by atoms with Gasteiger partial charge in [0.05, 0.1) is 16.2 Å². The fourth-order valence-corrected chi connectivity index (χ4v) is 4.05. The Bertz CT molecular complexity index is 517. The largest absolute Gasteiger partial charge is 0.481 e. The van der Waals surface area contributed by atoms with Crippen molar-refractivity contribution < 1.29 is 14.7 Å². The number of nitrogens with one attached hydrogen (secondary N) is 1. The molecule has 1 fully saturated rings. The number of carbonyl (C=O) groups is 2. The monoisotopic (exact) mass is 329 g/mol. The molecule has 0 saturated heterocycles. The van der Waals surface area contributed by atoms with Crippen molar-refractivity contribution in [2.45, 2.75) is 32.6 Å². The molecule has 1 unspecified atom stereocenters. The van der Waals surface area contributed by atoms with Gasteiger partial charge in [0.25, 0.3) is 0 Å².